The van der Waals surface area contributed by atoms with Crippen LogP contribution in [0.2, 0.25) is 0 Å². The van der Waals surface area contributed by atoms with Gasteiger partial charge < -0.3 is 20.5 Å². The van der Waals surface area contributed by atoms with Gasteiger partial charge in [0.15, 0.2) is 0 Å². The van der Waals surface area contributed by atoms with E-state index < -0.39 is 0 Å². The van der Waals surface area contributed by atoms with E-state index in [4.69, 9.17) is 15.6 Å². The van der Waals surface area contributed by atoms with Gasteiger partial charge in [0.1, 0.15) is 0 Å². The summed E-state index contributed by atoms with van der Waals surface area (Å²) in [5.74, 6) is 0.0228. The summed E-state index contributed by atoms with van der Waals surface area (Å²) in [7, 11) is 0. The Morgan fingerprint density at radius 1 is 1.50 bits per heavy atom. The number of ether oxygens (including phenoxy) is 1. The van der Waals surface area contributed by atoms with E-state index in [2.05, 4.69) is 0 Å². The maximum atomic E-state index is 12.1. The Morgan fingerprint density at radius 2 is 2.28 bits per heavy atom. The van der Waals surface area contributed by atoms with Gasteiger partial charge in [0.05, 0.1) is 25.7 Å². The number of aliphatic hydroxyl groups excluding tert-OH is 1. The first-order valence-electron chi connectivity index (χ1n) is 6.04. The molecule has 1 unspecified atom stereocenters. The topological polar surface area (TPSA) is 75.8 Å². The lowest BCUT2D eigenvalue weighted by atomic mass is 10.1. The zero-order chi connectivity index (χ0) is 13.0. The van der Waals surface area contributed by atoms with Gasteiger partial charge in [-0.15, -0.1) is 0 Å². The number of nitrogens with two attached hydrogens (primary N) is 1. The van der Waals surface area contributed by atoms with Crippen molar-refractivity contribution < 1.29 is 14.6 Å². The van der Waals surface area contributed by atoms with Crippen molar-refractivity contribution in [3.05, 3.63) is 29.8 Å². The molecule has 1 fully saturated rings. The van der Waals surface area contributed by atoms with E-state index in [0.29, 0.717) is 31.8 Å². The Kier molecular flexibility index (Phi) is 4.17. The smallest absolute Gasteiger partial charge is 0.227 e. The SMILES string of the molecule is Nc1ccccc1CC(=O)N1CCOC(CO)C1. The highest BCUT2D eigenvalue weighted by Crippen LogP contribution is 2.14. The van der Waals surface area contributed by atoms with Crippen molar-refractivity contribution in [1.29, 1.82) is 0 Å². The van der Waals surface area contributed by atoms with E-state index in [1.54, 1.807) is 11.0 Å². The lowest BCUT2D eigenvalue weighted by Crippen LogP contribution is -2.47. The van der Waals surface area contributed by atoms with Crippen LogP contribution in [0.25, 0.3) is 0 Å². The maximum Gasteiger partial charge on any atom is 0.227 e. The van der Waals surface area contributed by atoms with Crippen molar-refractivity contribution in [1.82, 2.24) is 4.90 Å². The zero-order valence-corrected chi connectivity index (χ0v) is 10.2. The van der Waals surface area contributed by atoms with Gasteiger partial charge in [0.2, 0.25) is 5.91 Å². The Balaban J connectivity index is 1.97. The summed E-state index contributed by atoms with van der Waals surface area (Å²) < 4.78 is 5.31. The van der Waals surface area contributed by atoms with E-state index in [1.807, 2.05) is 18.2 Å². The van der Waals surface area contributed by atoms with E-state index in [0.717, 1.165) is 5.56 Å². The van der Waals surface area contributed by atoms with Gasteiger partial charge in [-0.05, 0) is 11.6 Å². The molecule has 1 atom stereocenters. The van der Waals surface area contributed by atoms with Crippen LogP contribution in [0.3, 0.4) is 0 Å². The summed E-state index contributed by atoms with van der Waals surface area (Å²) in [4.78, 5) is 13.8. The first kappa shape index (κ1) is 12.9. The molecule has 3 N–H and O–H groups in total. The van der Waals surface area contributed by atoms with Crippen LogP contribution >= 0.6 is 0 Å². The molecular formula is C13H18N2O3. The van der Waals surface area contributed by atoms with E-state index >= 15 is 0 Å². The molecule has 0 bridgehead atoms. The van der Waals surface area contributed by atoms with Crippen molar-refractivity contribution in [2.24, 2.45) is 0 Å². The Morgan fingerprint density at radius 3 is 3.00 bits per heavy atom. The molecule has 1 aliphatic rings. The number of carbonyl (C=O) groups is 1. The average Bonchev–Trinajstić information content (AvgIpc) is 2.41. The number of benzene rings is 1. The summed E-state index contributed by atoms with van der Waals surface area (Å²) in [5.41, 5.74) is 7.30. The van der Waals surface area contributed by atoms with Crippen LogP contribution in [0, 0.1) is 0 Å². The number of carbonyl (C=O) groups excluding carboxylic acids is 1. The molecule has 1 saturated heterocycles. The molecule has 5 nitrogen and oxygen atoms in total. The first-order chi connectivity index (χ1) is 8.70. The van der Waals surface area contributed by atoms with Crippen molar-refractivity contribution in [3.8, 4) is 0 Å². The van der Waals surface area contributed by atoms with Gasteiger partial charge in [-0.2, -0.15) is 0 Å². The minimum absolute atomic E-state index is 0.0228. The van der Waals surface area contributed by atoms with E-state index in [-0.39, 0.29) is 18.6 Å². The third kappa shape index (κ3) is 3.00. The van der Waals surface area contributed by atoms with Crippen molar-refractivity contribution in [2.45, 2.75) is 12.5 Å². The summed E-state index contributed by atoms with van der Waals surface area (Å²) >= 11 is 0. The molecule has 1 aliphatic heterocycles. The largest absolute Gasteiger partial charge is 0.398 e. The van der Waals surface area contributed by atoms with Gasteiger partial charge in [-0.25, -0.2) is 0 Å². The lowest BCUT2D eigenvalue weighted by molar-refractivity contribution is -0.139. The van der Waals surface area contributed by atoms with Gasteiger partial charge in [-0.1, -0.05) is 18.2 Å². The molecule has 0 aromatic heterocycles. The molecule has 1 amide bonds. The number of hydrogen-bond donors (Lipinski definition) is 2. The minimum Gasteiger partial charge on any atom is -0.398 e. The predicted octanol–water partition coefficient (Wildman–Crippen LogP) is 0.0310. The molecular weight excluding hydrogens is 232 g/mol. The summed E-state index contributed by atoms with van der Waals surface area (Å²) in [6.07, 6.45) is 0.0287. The molecule has 0 saturated carbocycles. The van der Waals surface area contributed by atoms with Crippen molar-refractivity contribution in [3.63, 3.8) is 0 Å². The molecule has 1 aromatic rings. The van der Waals surface area contributed by atoms with Gasteiger partial charge in [-0.3, -0.25) is 4.79 Å². The summed E-state index contributed by atoms with van der Waals surface area (Å²) in [6, 6.07) is 7.37. The lowest BCUT2D eigenvalue weighted by Gasteiger charge is -2.32. The fourth-order valence-corrected chi connectivity index (χ4v) is 2.03. The van der Waals surface area contributed by atoms with Crippen LogP contribution in [0.4, 0.5) is 5.69 Å². The van der Waals surface area contributed by atoms with Gasteiger partial charge >= 0.3 is 0 Å². The van der Waals surface area contributed by atoms with Crippen LogP contribution in [-0.2, 0) is 16.0 Å². The number of hydrogen-bond acceptors (Lipinski definition) is 4. The molecule has 2 rings (SSSR count). The number of morpholine rings is 1. The normalized spacial score (nSPS) is 19.8. The molecule has 1 aromatic carbocycles. The van der Waals surface area contributed by atoms with E-state index in [9.17, 15) is 4.79 Å². The first-order valence-corrected chi connectivity index (χ1v) is 6.04. The Labute approximate surface area is 106 Å². The van der Waals surface area contributed by atoms with Crippen LogP contribution in [0.15, 0.2) is 24.3 Å². The summed E-state index contributed by atoms with van der Waals surface area (Å²) in [6.45, 7) is 1.43. The third-order valence-electron chi connectivity index (χ3n) is 3.09. The van der Waals surface area contributed by atoms with Crippen molar-refractivity contribution >= 4 is 11.6 Å². The predicted molar refractivity (Wildman–Crippen MR) is 68.0 cm³/mol. The average molecular weight is 250 g/mol. The fourth-order valence-electron chi connectivity index (χ4n) is 2.03. The zero-order valence-electron chi connectivity index (χ0n) is 10.2. The molecule has 0 radical (unpaired) electrons. The highest BCUT2D eigenvalue weighted by Gasteiger charge is 2.23. The van der Waals surface area contributed by atoms with Gasteiger partial charge in [0, 0.05) is 18.8 Å². The molecule has 18 heavy (non-hydrogen) atoms. The monoisotopic (exact) mass is 250 g/mol. The molecule has 0 spiro atoms. The van der Waals surface area contributed by atoms with Crippen LogP contribution in [0.5, 0.6) is 0 Å². The van der Waals surface area contributed by atoms with Crippen LogP contribution in [-0.4, -0.2) is 48.3 Å². The highest BCUT2D eigenvalue weighted by atomic mass is 16.5. The van der Waals surface area contributed by atoms with Crippen LogP contribution < -0.4 is 5.73 Å². The third-order valence-corrected chi connectivity index (χ3v) is 3.09. The fraction of sp³-hybridized carbons (Fsp3) is 0.462. The highest BCUT2D eigenvalue weighted by molar-refractivity contribution is 5.80. The number of aliphatic hydroxyl groups is 1. The van der Waals surface area contributed by atoms with Crippen molar-refractivity contribution in [2.75, 3.05) is 32.0 Å². The maximum absolute atomic E-state index is 12.1. The second kappa shape index (κ2) is 5.84. The number of nitrogen functional groups attached to an aromatic ring is 1. The standard InChI is InChI=1S/C13H18N2O3/c14-12-4-2-1-3-10(12)7-13(17)15-5-6-18-11(8-15)9-16/h1-4,11,16H,5-9,14H2. The quantitative estimate of drug-likeness (QED) is 0.742. The second-order valence-corrected chi connectivity index (χ2v) is 4.39. The number of para-hydroxylation sites is 1. The summed E-state index contributed by atoms with van der Waals surface area (Å²) in [5, 5.41) is 9.04. The Bertz CT molecular complexity index is 422. The van der Waals surface area contributed by atoms with Crippen LogP contribution in [0.1, 0.15) is 5.56 Å². The number of rotatable bonds is 3. The molecule has 1 heterocycles. The molecule has 98 valence electrons. The van der Waals surface area contributed by atoms with E-state index in [1.165, 1.54) is 0 Å². The number of nitrogens with zero attached hydrogens (tertiary/aromatic N) is 1. The molecule has 5 heteroatoms. The Hall–Kier alpha value is -1.59. The minimum atomic E-state index is -0.268. The number of anilines is 1. The van der Waals surface area contributed by atoms with Gasteiger partial charge in [0.25, 0.3) is 0 Å². The number of amides is 1. The molecule has 0 aliphatic carbocycles. The second-order valence-electron chi connectivity index (χ2n) is 4.39.